The Bertz CT molecular complexity index is 1290. The molecule has 4 rings (SSSR count). The van der Waals surface area contributed by atoms with Crippen LogP contribution in [-0.4, -0.2) is 83.5 Å². The quantitative estimate of drug-likeness (QED) is 0.406. The first kappa shape index (κ1) is 27.7. The second-order valence-electron chi connectivity index (χ2n) is 10.6. The minimum absolute atomic E-state index is 0.0877. The van der Waals surface area contributed by atoms with Crippen LogP contribution >= 0.6 is 0 Å². The van der Waals surface area contributed by atoms with E-state index in [1.807, 2.05) is 45.0 Å². The Hall–Kier alpha value is -4.28. The molecule has 2 saturated heterocycles. The van der Waals surface area contributed by atoms with Crippen LogP contribution in [0.2, 0.25) is 0 Å². The smallest absolute Gasteiger partial charge is 0.282 e. The largest absolute Gasteiger partial charge is 0.378 e. The van der Waals surface area contributed by atoms with Crippen molar-refractivity contribution in [3.05, 3.63) is 69.8 Å². The Balaban J connectivity index is 1.52. The van der Waals surface area contributed by atoms with Gasteiger partial charge in [-0.3, -0.25) is 29.3 Å². The van der Waals surface area contributed by atoms with Gasteiger partial charge in [-0.15, -0.1) is 0 Å². The van der Waals surface area contributed by atoms with E-state index in [4.69, 9.17) is 0 Å². The number of hydrogen-bond acceptors (Lipinski definition) is 7. The third-order valence-corrected chi connectivity index (χ3v) is 7.25. The third kappa shape index (κ3) is 5.62. The summed E-state index contributed by atoms with van der Waals surface area (Å²) in [5, 5.41) is 14.3. The van der Waals surface area contributed by atoms with E-state index in [1.54, 1.807) is 12.1 Å². The summed E-state index contributed by atoms with van der Waals surface area (Å²) in [4.78, 5) is 68.7. The van der Waals surface area contributed by atoms with Gasteiger partial charge in [0, 0.05) is 38.0 Å². The number of benzene rings is 2. The van der Waals surface area contributed by atoms with Crippen molar-refractivity contribution >= 4 is 34.9 Å². The van der Waals surface area contributed by atoms with Gasteiger partial charge in [-0.2, -0.15) is 0 Å². The Labute approximate surface area is 226 Å². The van der Waals surface area contributed by atoms with Gasteiger partial charge in [-0.25, -0.2) is 0 Å². The Morgan fingerprint density at radius 3 is 2.36 bits per heavy atom. The molecule has 0 spiro atoms. The number of anilines is 1. The van der Waals surface area contributed by atoms with Crippen LogP contribution in [0.3, 0.4) is 0 Å². The highest BCUT2D eigenvalue weighted by Gasteiger charge is 2.52. The number of Topliss-reactive ketones (excluding diaryl/α,β-unsaturated/α-hetero) is 1. The number of fused-ring (bicyclic) bond motifs is 1. The average molecular weight is 536 g/mol. The van der Waals surface area contributed by atoms with Crippen molar-refractivity contribution in [2.45, 2.75) is 44.8 Å². The first-order valence-electron chi connectivity index (χ1n) is 13.0. The van der Waals surface area contributed by atoms with Crippen molar-refractivity contribution in [3.8, 4) is 0 Å². The SMILES string of the molecule is CC(C)C[C@H](NC(=O)c1ccc(N(C)C)cc1)C(=O)N1CCC2[C@H]1C(=O)CN2C(=O)c1ccccc1[N+](=O)[O-]. The van der Waals surface area contributed by atoms with Gasteiger partial charge in [0.1, 0.15) is 17.6 Å². The number of carbonyl (C=O) groups excluding carboxylic acids is 4. The molecule has 2 aliphatic heterocycles. The maximum Gasteiger partial charge on any atom is 0.282 e. The number of amides is 3. The highest BCUT2D eigenvalue weighted by molar-refractivity contribution is 6.05. The number of nitro benzene ring substituents is 1. The molecule has 2 fully saturated rings. The molecule has 0 aliphatic carbocycles. The lowest BCUT2D eigenvalue weighted by Crippen LogP contribution is -2.53. The second-order valence-corrected chi connectivity index (χ2v) is 10.6. The fourth-order valence-corrected chi connectivity index (χ4v) is 5.35. The summed E-state index contributed by atoms with van der Waals surface area (Å²) < 4.78 is 0. The molecule has 0 aromatic heterocycles. The lowest BCUT2D eigenvalue weighted by Gasteiger charge is -2.29. The topological polar surface area (TPSA) is 133 Å². The second kappa shape index (κ2) is 11.2. The van der Waals surface area contributed by atoms with Crippen LogP contribution in [0.25, 0.3) is 0 Å². The van der Waals surface area contributed by atoms with E-state index in [1.165, 1.54) is 34.1 Å². The van der Waals surface area contributed by atoms with Gasteiger partial charge in [0.05, 0.1) is 17.5 Å². The lowest BCUT2D eigenvalue weighted by atomic mass is 10.0. The standard InChI is InChI=1S/C28H33N5O6/c1-17(2)15-21(29-26(35)18-9-11-19(12-10-18)30(3)4)28(37)31-14-13-23-25(31)24(34)16-32(23)27(36)20-7-5-6-8-22(20)33(38)39/h5-12,17,21,23,25H,13-16H2,1-4H3,(H,29,35)/t21-,23?,25-/m0/s1. The molecular weight excluding hydrogens is 502 g/mol. The van der Waals surface area contributed by atoms with Crippen molar-refractivity contribution in [1.82, 2.24) is 15.1 Å². The van der Waals surface area contributed by atoms with Crippen LogP contribution in [0.1, 0.15) is 47.4 Å². The summed E-state index contributed by atoms with van der Waals surface area (Å²) in [6.07, 6.45) is 0.740. The highest BCUT2D eigenvalue weighted by atomic mass is 16.6. The number of nitrogens with zero attached hydrogens (tertiary/aromatic N) is 4. The number of carbonyl (C=O) groups is 4. The van der Waals surface area contributed by atoms with E-state index in [0.717, 1.165) is 5.69 Å². The highest BCUT2D eigenvalue weighted by Crippen LogP contribution is 2.33. The minimum atomic E-state index is -0.852. The number of nitrogens with one attached hydrogen (secondary N) is 1. The van der Waals surface area contributed by atoms with E-state index in [0.29, 0.717) is 18.4 Å². The molecule has 0 radical (unpaired) electrons. The summed E-state index contributed by atoms with van der Waals surface area (Å²) in [6.45, 7) is 3.89. The molecule has 3 atom stereocenters. The van der Waals surface area contributed by atoms with E-state index >= 15 is 0 Å². The molecular formula is C28H33N5O6. The molecule has 11 heteroatoms. The monoisotopic (exact) mass is 535 g/mol. The van der Waals surface area contributed by atoms with Crippen LogP contribution in [0, 0.1) is 16.0 Å². The minimum Gasteiger partial charge on any atom is -0.378 e. The van der Waals surface area contributed by atoms with Crippen LogP contribution in [0.4, 0.5) is 11.4 Å². The number of likely N-dealkylation sites (tertiary alicyclic amines) is 2. The fourth-order valence-electron chi connectivity index (χ4n) is 5.35. The molecule has 1 unspecified atom stereocenters. The number of hydrogen-bond donors (Lipinski definition) is 1. The number of ketones is 1. The van der Waals surface area contributed by atoms with Crippen molar-refractivity contribution in [2.75, 3.05) is 32.1 Å². The zero-order valence-electron chi connectivity index (χ0n) is 22.5. The molecule has 1 N–H and O–H groups in total. The van der Waals surface area contributed by atoms with E-state index in [9.17, 15) is 29.3 Å². The first-order valence-corrected chi connectivity index (χ1v) is 13.0. The molecule has 2 aliphatic rings. The summed E-state index contributed by atoms with van der Waals surface area (Å²) in [5.41, 5.74) is 0.928. The predicted molar refractivity (Wildman–Crippen MR) is 145 cm³/mol. The molecule has 0 saturated carbocycles. The summed E-state index contributed by atoms with van der Waals surface area (Å²) in [7, 11) is 3.80. The Morgan fingerprint density at radius 1 is 1.08 bits per heavy atom. The van der Waals surface area contributed by atoms with Gasteiger partial charge >= 0.3 is 0 Å². The number of rotatable bonds is 8. The van der Waals surface area contributed by atoms with Gasteiger partial charge in [0.15, 0.2) is 5.78 Å². The maximum atomic E-state index is 13.7. The van der Waals surface area contributed by atoms with Crippen molar-refractivity contribution in [1.29, 1.82) is 0 Å². The van der Waals surface area contributed by atoms with Crippen molar-refractivity contribution in [3.63, 3.8) is 0 Å². The zero-order chi connectivity index (χ0) is 28.4. The summed E-state index contributed by atoms with van der Waals surface area (Å²) >= 11 is 0. The van der Waals surface area contributed by atoms with Crippen LogP contribution in [0.15, 0.2) is 48.5 Å². The Kier molecular flexibility index (Phi) is 7.98. The fraction of sp³-hybridized carbons (Fsp3) is 0.429. The van der Waals surface area contributed by atoms with Crippen molar-refractivity contribution in [2.24, 2.45) is 5.92 Å². The summed E-state index contributed by atoms with van der Waals surface area (Å²) in [5.74, 6) is -1.58. The molecule has 3 amide bonds. The number of para-hydroxylation sites is 1. The van der Waals surface area contributed by atoms with E-state index < -0.39 is 29.0 Å². The van der Waals surface area contributed by atoms with Gasteiger partial charge in [0.25, 0.3) is 17.5 Å². The predicted octanol–water partition coefficient (Wildman–Crippen LogP) is 2.50. The van der Waals surface area contributed by atoms with Crippen LogP contribution in [0.5, 0.6) is 0 Å². The molecule has 0 bridgehead atoms. The lowest BCUT2D eigenvalue weighted by molar-refractivity contribution is -0.385. The zero-order valence-corrected chi connectivity index (χ0v) is 22.5. The van der Waals surface area contributed by atoms with Crippen LogP contribution in [-0.2, 0) is 9.59 Å². The molecule has 2 aromatic carbocycles. The van der Waals surface area contributed by atoms with Gasteiger partial charge in [0.2, 0.25) is 5.91 Å². The molecule has 206 valence electrons. The van der Waals surface area contributed by atoms with Gasteiger partial charge in [-0.1, -0.05) is 26.0 Å². The normalized spacial score (nSPS) is 19.2. The molecule has 39 heavy (non-hydrogen) atoms. The molecule has 11 nitrogen and oxygen atoms in total. The van der Waals surface area contributed by atoms with Crippen LogP contribution < -0.4 is 10.2 Å². The summed E-state index contributed by atoms with van der Waals surface area (Å²) in [6, 6.07) is 10.4. The molecule has 2 aromatic rings. The average Bonchev–Trinajstić information content (AvgIpc) is 3.48. The third-order valence-electron chi connectivity index (χ3n) is 7.25. The first-order chi connectivity index (χ1) is 18.5. The van der Waals surface area contributed by atoms with Gasteiger partial charge < -0.3 is 20.0 Å². The maximum absolute atomic E-state index is 13.7. The van der Waals surface area contributed by atoms with Crippen molar-refractivity contribution < 1.29 is 24.1 Å². The van der Waals surface area contributed by atoms with E-state index in [-0.39, 0.29) is 47.9 Å². The van der Waals surface area contributed by atoms with Gasteiger partial charge in [-0.05, 0) is 49.1 Å². The molecule has 2 heterocycles. The number of nitro groups is 1. The Morgan fingerprint density at radius 2 is 1.74 bits per heavy atom. The van der Waals surface area contributed by atoms with E-state index in [2.05, 4.69) is 5.32 Å².